The molecule has 116 valence electrons. The van der Waals surface area contributed by atoms with Crippen molar-refractivity contribution >= 4 is 5.69 Å². The van der Waals surface area contributed by atoms with Crippen LogP contribution in [0.15, 0.2) is 18.2 Å². The van der Waals surface area contributed by atoms with E-state index < -0.39 is 6.10 Å². The van der Waals surface area contributed by atoms with Gasteiger partial charge in [0.1, 0.15) is 5.82 Å². The maximum atomic E-state index is 13.5. The molecule has 21 heavy (non-hydrogen) atoms. The summed E-state index contributed by atoms with van der Waals surface area (Å²) in [6.07, 6.45) is 3.20. The van der Waals surface area contributed by atoms with Crippen LogP contribution >= 0.6 is 0 Å². The summed E-state index contributed by atoms with van der Waals surface area (Å²) < 4.78 is 13.5. The van der Waals surface area contributed by atoms with Crippen LogP contribution in [0.5, 0.6) is 0 Å². The molecule has 0 amide bonds. The van der Waals surface area contributed by atoms with Crippen LogP contribution in [0.25, 0.3) is 0 Å². The van der Waals surface area contributed by atoms with Crippen molar-refractivity contribution in [1.29, 1.82) is 0 Å². The van der Waals surface area contributed by atoms with Gasteiger partial charge < -0.3 is 10.0 Å². The first kappa shape index (κ1) is 14.8. The Morgan fingerprint density at radius 1 is 1.29 bits per heavy atom. The second-order valence-corrected chi connectivity index (χ2v) is 6.53. The van der Waals surface area contributed by atoms with E-state index in [1.165, 1.54) is 37.9 Å². The first-order chi connectivity index (χ1) is 10.1. The molecule has 2 fully saturated rings. The summed E-state index contributed by atoms with van der Waals surface area (Å²) in [6, 6.07) is 5.79. The summed E-state index contributed by atoms with van der Waals surface area (Å²) in [7, 11) is 0. The molecule has 2 aliphatic rings. The quantitative estimate of drug-likeness (QED) is 0.908. The molecule has 3 unspecified atom stereocenters. The van der Waals surface area contributed by atoms with E-state index in [1.807, 2.05) is 6.07 Å². The van der Waals surface area contributed by atoms with E-state index in [4.69, 9.17) is 0 Å². The topological polar surface area (TPSA) is 26.7 Å². The molecule has 0 aromatic heterocycles. The van der Waals surface area contributed by atoms with Crippen LogP contribution in [0.4, 0.5) is 10.1 Å². The van der Waals surface area contributed by atoms with Crippen molar-refractivity contribution in [2.75, 3.05) is 24.5 Å². The molecule has 2 saturated heterocycles. The first-order valence-corrected chi connectivity index (χ1v) is 8.04. The van der Waals surface area contributed by atoms with Gasteiger partial charge in [0.15, 0.2) is 0 Å². The number of benzene rings is 1. The number of rotatable bonds is 2. The number of fused-ring (bicyclic) bond motifs is 1. The van der Waals surface area contributed by atoms with Gasteiger partial charge >= 0.3 is 0 Å². The summed E-state index contributed by atoms with van der Waals surface area (Å²) in [4.78, 5) is 4.95. The van der Waals surface area contributed by atoms with Crippen LogP contribution < -0.4 is 4.90 Å². The van der Waals surface area contributed by atoms with E-state index >= 15 is 0 Å². The normalized spacial score (nSPS) is 28.3. The highest BCUT2D eigenvalue weighted by Crippen LogP contribution is 2.33. The number of hydrogen-bond acceptors (Lipinski definition) is 3. The average Bonchev–Trinajstić information content (AvgIpc) is 2.46. The molecule has 0 spiro atoms. The highest BCUT2D eigenvalue weighted by atomic mass is 19.1. The minimum atomic E-state index is -0.646. The highest BCUT2D eigenvalue weighted by Gasteiger charge is 2.34. The fraction of sp³-hybridized carbons (Fsp3) is 0.647. The van der Waals surface area contributed by atoms with Crippen molar-refractivity contribution in [1.82, 2.24) is 4.90 Å². The molecule has 3 atom stereocenters. The van der Waals surface area contributed by atoms with Gasteiger partial charge in [-0.2, -0.15) is 0 Å². The molecule has 0 bridgehead atoms. The SMILES string of the molecule is CC(O)c1cc(F)ccc1N1CC2CCCCN2CC1C. The molecule has 1 aromatic carbocycles. The number of piperidine rings is 1. The smallest absolute Gasteiger partial charge is 0.123 e. The predicted octanol–water partition coefficient (Wildman–Crippen LogP) is 2.94. The van der Waals surface area contributed by atoms with Crippen molar-refractivity contribution in [3.8, 4) is 0 Å². The van der Waals surface area contributed by atoms with Crippen LogP contribution in [0.1, 0.15) is 44.8 Å². The third-order valence-electron chi connectivity index (χ3n) is 4.94. The van der Waals surface area contributed by atoms with Gasteiger partial charge in [0, 0.05) is 36.4 Å². The molecule has 0 saturated carbocycles. The molecule has 3 nitrogen and oxygen atoms in total. The van der Waals surface area contributed by atoms with E-state index in [0.29, 0.717) is 17.6 Å². The van der Waals surface area contributed by atoms with Crippen molar-refractivity contribution < 1.29 is 9.50 Å². The molecule has 1 aromatic rings. The summed E-state index contributed by atoms with van der Waals surface area (Å²) in [5.41, 5.74) is 1.69. The third kappa shape index (κ3) is 2.92. The second-order valence-electron chi connectivity index (χ2n) is 6.53. The molecular weight excluding hydrogens is 267 g/mol. The Balaban J connectivity index is 1.89. The number of hydrogen-bond donors (Lipinski definition) is 1. The van der Waals surface area contributed by atoms with Gasteiger partial charge in [-0.1, -0.05) is 6.42 Å². The zero-order valence-electron chi connectivity index (χ0n) is 12.9. The molecule has 2 heterocycles. The minimum Gasteiger partial charge on any atom is -0.389 e. The fourth-order valence-corrected chi connectivity index (χ4v) is 3.81. The second kappa shape index (κ2) is 5.93. The summed E-state index contributed by atoms with van der Waals surface area (Å²) >= 11 is 0. The van der Waals surface area contributed by atoms with Crippen LogP contribution in [-0.2, 0) is 0 Å². The lowest BCUT2D eigenvalue weighted by Crippen LogP contribution is -2.59. The maximum absolute atomic E-state index is 13.5. The van der Waals surface area contributed by atoms with Gasteiger partial charge in [0.05, 0.1) is 6.10 Å². The van der Waals surface area contributed by atoms with Gasteiger partial charge in [0.2, 0.25) is 0 Å². The van der Waals surface area contributed by atoms with E-state index in [9.17, 15) is 9.50 Å². The Morgan fingerprint density at radius 2 is 2.10 bits per heavy atom. The van der Waals surface area contributed by atoms with Gasteiger partial charge in [-0.15, -0.1) is 0 Å². The monoisotopic (exact) mass is 292 g/mol. The van der Waals surface area contributed by atoms with E-state index in [0.717, 1.165) is 18.8 Å². The maximum Gasteiger partial charge on any atom is 0.123 e. The molecule has 0 radical (unpaired) electrons. The number of aliphatic hydroxyl groups excluding tert-OH is 1. The standard InChI is InChI=1S/C17H25FN2O/c1-12-10-19-8-4-3-5-15(19)11-20(12)17-7-6-14(18)9-16(17)13(2)21/h6-7,9,12-13,15,21H,3-5,8,10-11H2,1-2H3. The summed E-state index contributed by atoms with van der Waals surface area (Å²) in [5, 5.41) is 9.97. The van der Waals surface area contributed by atoms with E-state index in [1.54, 1.807) is 6.92 Å². The van der Waals surface area contributed by atoms with Crippen molar-refractivity contribution in [3.63, 3.8) is 0 Å². The molecule has 3 rings (SSSR count). The molecule has 4 heteroatoms. The Labute approximate surface area is 126 Å². The fourth-order valence-electron chi connectivity index (χ4n) is 3.81. The van der Waals surface area contributed by atoms with Crippen molar-refractivity contribution in [2.45, 2.75) is 51.3 Å². The lowest BCUT2D eigenvalue weighted by molar-refractivity contribution is 0.115. The predicted molar refractivity (Wildman–Crippen MR) is 83.1 cm³/mol. The van der Waals surface area contributed by atoms with Gasteiger partial charge in [-0.3, -0.25) is 4.90 Å². The zero-order chi connectivity index (χ0) is 15.0. The minimum absolute atomic E-state index is 0.279. The first-order valence-electron chi connectivity index (χ1n) is 8.04. The van der Waals surface area contributed by atoms with Crippen LogP contribution in [0.2, 0.25) is 0 Å². The zero-order valence-corrected chi connectivity index (χ0v) is 12.9. The lowest BCUT2D eigenvalue weighted by atomic mass is 9.95. The number of halogens is 1. The van der Waals surface area contributed by atoms with Gasteiger partial charge in [-0.05, 0) is 51.4 Å². The largest absolute Gasteiger partial charge is 0.389 e. The summed E-state index contributed by atoms with van der Waals surface area (Å²) in [6.45, 7) is 7.17. The van der Waals surface area contributed by atoms with E-state index in [-0.39, 0.29) is 5.82 Å². The van der Waals surface area contributed by atoms with Gasteiger partial charge in [0.25, 0.3) is 0 Å². The molecule has 0 aliphatic carbocycles. The lowest BCUT2D eigenvalue weighted by Gasteiger charge is -2.49. The Morgan fingerprint density at radius 3 is 2.86 bits per heavy atom. The highest BCUT2D eigenvalue weighted by molar-refractivity contribution is 5.56. The number of nitrogens with zero attached hydrogens (tertiary/aromatic N) is 2. The van der Waals surface area contributed by atoms with Crippen LogP contribution in [-0.4, -0.2) is 41.7 Å². The number of aliphatic hydroxyl groups is 1. The number of anilines is 1. The van der Waals surface area contributed by atoms with Crippen molar-refractivity contribution in [2.24, 2.45) is 0 Å². The van der Waals surface area contributed by atoms with Crippen LogP contribution in [0.3, 0.4) is 0 Å². The van der Waals surface area contributed by atoms with Gasteiger partial charge in [-0.25, -0.2) is 4.39 Å². The summed E-state index contributed by atoms with van der Waals surface area (Å²) in [5.74, 6) is -0.279. The molecule has 2 aliphatic heterocycles. The van der Waals surface area contributed by atoms with Crippen molar-refractivity contribution in [3.05, 3.63) is 29.6 Å². The number of piperazine rings is 1. The Hall–Kier alpha value is -1.13. The molecular formula is C17H25FN2O. The average molecular weight is 292 g/mol. The Kier molecular flexibility index (Phi) is 4.18. The molecule has 1 N–H and O–H groups in total. The van der Waals surface area contributed by atoms with E-state index in [2.05, 4.69) is 16.7 Å². The third-order valence-corrected chi connectivity index (χ3v) is 4.94. The van der Waals surface area contributed by atoms with Crippen LogP contribution in [0, 0.1) is 5.82 Å². The Bertz CT molecular complexity index is 506.